The number of rotatable bonds is 16. The normalized spacial score (nSPS) is 17.8. The Balaban J connectivity index is 1.52. The van der Waals surface area contributed by atoms with Crippen molar-refractivity contribution in [2.24, 2.45) is 5.41 Å². The Morgan fingerprint density at radius 2 is 0.661 bits per heavy atom. The van der Waals surface area contributed by atoms with Gasteiger partial charge in [-0.2, -0.15) is 0 Å². The number of nitrogens with zero attached hydrogens (tertiary/aromatic N) is 2. The third-order valence-corrected chi connectivity index (χ3v) is 12.6. The maximum Gasteiger partial charge on any atom is 0.171 e. The Morgan fingerprint density at radius 1 is 0.446 bits per heavy atom. The van der Waals surface area contributed by atoms with E-state index in [1.807, 2.05) is 0 Å². The van der Waals surface area contributed by atoms with Crippen LogP contribution in [0.1, 0.15) is 151 Å². The molecular weight excluding hydrogens is 685 g/mol. The number of benzene rings is 4. The van der Waals surface area contributed by atoms with Gasteiger partial charge < -0.3 is 18.4 Å². The van der Waals surface area contributed by atoms with Crippen molar-refractivity contribution in [1.82, 2.24) is 0 Å². The summed E-state index contributed by atoms with van der Waals surface area (Å²) in [5, 5.41) is 0. The van der Waals surface area contributed by atoms with E-state index in [0.29, 0.717) is 23.7 Å². The maximum absolute atomic E-state index is 7.28. The Kier molecular flexibility index (Phi) is 13.8. The molecule has 5 rings (SSSR count). The molecule has 0 amide bonds. The SMILES string of the molecule is CC(C)c1ccc(C[N+](C)(Cc2ccc(C(C)C)cc2)C[C@@H]2OC(C)(C(C)(C)C)O[C@H]2C[N+](C)(Cc2ccc(C(C)C)cc2)Cc2ccc(C(C)C)cc2)cc1. The average Bonchev–Trinajstić information content (AvgIpc) is 3.43. The highest BCUT2D eigenvalue weighted by molar-refractivity contribution is 5.27. The minimum atomic E-state index is -0.715. The van der Waals surface area contributed by atoms with Gasteiger partial charge in [0.05, 0.1) is 14.1 Å². The van der Waals surface area contributed by atoms with Crippen molar-refractivity contribution < 1.29 is 18.4 Å². The number of ether oxygens (including phenoxy) is 2. The highest BCUT2D eigenvalue weighted by Crippen LogP contribution is 2.44. The summed E-state index contributed by atoms with van der Waals surface area (Å²) < 4.78 is 16.2. The number of quaternary nitrogens is 2. The van der Waals surface area contributed by atoms with Crippen LogP contribution in [0.25, 0.3) is 0 Å². The molecule has 1 aliphatic heterocycles. The summed E-state index contributed by atoms with van der Waals surface area (Å²) in [7, 11) is 4.86. The predicted octanol–water partition coefficient (Wildman–Crippen LogP) is 12.7. The van der Waals surface area contributed by atoms with E-state index in [0.717, 1.165) is 48.2 Å². The first kappa shape index (κ1) is 43.8. The molecule has 0 radical (unpaired) electrons. The second-order valence-corrected chi connectivity index (χ2v) is 20.3. The lowest BCUT2D eigenvalue weighted by molar-refractivity contribution is -0.944. The van der Waals surface area contributed by atoms with E-state index in [1.54, 1.807) is 0 Å². The van der Waals surface area contributed by atoms with Crippen molar-refractivity contribution in [3.05, 3.63) is 142 Å². The lowest BCUT2D eigenvalue weighted by atomic mass is 9.87. The van der Waals surface area contributed by atoms with E-state index in [4.69, 9.17) is 9.47 Å². The molecule has 4 aromatic carbocycles. The standard InChI is InChI=1S/C52H76N2O2/c1-37(2)45-23-15-41(16-24-45)31-53(13,32-42-17-25-46(26-18-42)38(3)4)35-49-50(56-52(12,55-49)51(9,10)11)36-54(14,33-43-19-27-47(28-20-43)39(5)6)34-44-21-29-48(30-22-44)40(7)8/h15-30,37-40,49-50H,31-36H2,1-14H3/q+2/t49-,50-/m0/s1. The Bertz CT molecular complexity index is 1580. The summed E-state index contributed by atoms with van der Waals surface area (Å²) in [6.07, 6.45) is -0.170. The summed E-state index contributed by atoms with van der Waals surface area (Å²) in [6.45, 7) is 32.5. The first-order chi connectivity index (χ1) is 26.2. The lowest BCUT2D eigenvalue weighted by Gasteiger charge is -2.40. The molecule has 0 N–H and O–H groups in total. The van der Waals surface area contributed by atoms with E-state index in [9.17, 15) is 0 Å². The Labute approximate surface area is 342 Å². The van der Waals surface area contributed by atoms with Crippen LogP contribution in [0, 0.1) is 5.41 Å². The van der Waals surface area contributed by atoms with E-state index in [1.165, 1.54) is 44.5 Å². The van der Waals surface area contributed by atoms with Gasteiger partial charge in [-0.05, 0) is 52.8 Å². The molecule has 0 aromatic heterocycles. The first-order valence-corrected chi connectivity index (χ1v) is 21.5. The molecule has 0 bridgehead atoms. The summed E-state index contributed by atoms with van der Waals surface area (Å²) in [4.78, 5) is 0. The molecule has 304 valence electrons. The van der Waals surface area contributed by atoms with Gasteiger partial charge in [0.25, 0.3) is 0 Å². The number of likely N-dealkylation sites (N-methyl/N-ethyl adjacent to an activating group) is 2. The molecule has 56 heavy (non-hydrogen) atoms. The van der Waals surface area contributed by atoms with Crippen LogP contribution >= 0.6 is 0 Å². The molecule has 4 heteroatoms. The highest BCUT2D eigenvalue weighted by atomic mass is 16.8. The molecule has 4 aromatic rings. The van der Waals surface area contributed by atoms with Crippen molar-refractivity contribution >= 4 is 0 Å². The van der Waals surface area contributed by atoms with Gasteiger partial charge in [-0.25, -0.2) is 0 Å². The molecule has 0 saturated carbocycles. The van der Waals surface area contributed by atoms with Crippen molar-refractivity contribution in [2.75, 3.05) is 27.2 Å². The third kappa shape index (κ3) is 11.2. The van der Waals surface area contributed by atoms with Gasteiger partial charge in [0.15, 0.2) is 5.79 Å². The zero-order valence-electron chi connectivity index (χ0n) is 37.7. The zero-order valence-corrected chi connectivity index (χ0v) is 37.7. The fourth-order valence-corrected chi connectivity index (χ4v) is 8.45. The minimum absolute atomic E-state index is 0.0850. The molecule has 0 spiro atoms. The molecule has 4 nitrogen and oxygen atoms in total. The van der Waals surface area contributed by atoms with Crippen LogP contribution in [0.3, 0.4) is 0 Å². The lowest BCUT2D eigenvalue weighted by Crippen LogP contribution is -2.54. The second-order valence-electron chi connectivity index (χ2n) is 20.3. The van der Waals surface area contributed by atoms with Gasteiger partial charge in [-0.3, -0.25) is 0 Å². The van der Waals surface area contributed by atoms with Crippen LogP contribution in [0.15, 0.2) is 97.1 Å². The van der Waals surface area contributed by atoms with Crippen LogP contribution in [0.5, 0.6) is 0 Å². The largest absolute Gasteiger partial charge is 0.338 e. The topological polar surface area (TPSA) is 18.5 Å². The summed E-state index contributed by atoms with van der Waals surface area (Å²) in [6, 6.07) is 37.3. The second kappa shape index (κ2) is 17.7. The zero-order chi connectivity index (χ0) is 41.1. The van der Waals surface area contributed by atoms with Gasteiger partial charge in [0.1, 0.15) is 51.5 Å². The number of hydrogen-bond acceptors (Lipinski definition) is 2. The molecule has 1 saturated heterocycles. The summed E-state index contributed by atoms with van der Waals surface area (Å²) >= 11 is 0. The molecule has 0 unspecified atom stereocenters. The van der Waals surface area contributed by atoms with Gasteiger partial charge in [-0.15, -0.1) is 0 Å². The van der Waals surface area contributed by atoms with Gasteiger partial charge in [-0.1, -0.05) is 173 Å². The molecule has 1 fully saturated rings. The molecule has 1 heterocycles. The minimum Gasteiger partial charge on any atom is -0.338 e. The van der Waals surface area contributed by atoms with Crippen LogP contribution in [-0.4, -0.2) is 54.1 Å². The summed E-state index contributed by atoms with van der Waals surface area (Å²) in [5.74, 6) is 1.33. The Hall–Kier alpha value is -3.28. The number of hydrogen-bond donors (Lipinski definition) is 0. The maximum atomic E-state index is 7.28. The van der Waals surface area contributed by atoms with E-state index in [2.05, 4.69) is 194 Å². The molecule has 0 aliphatic carbocycles. The van der Waals surface area contributed by atoms with Gasteiger partial charge in [0, 0.05) is 27.7 Å². The third-order valence-electron chi connectivity index (χ3n) is 12.6. The van der Waals surface area contributed by atoms with Crippen molar-refractivity contribution in [3.63, 3.8) is 0 Å². The molecule has 1 aliphatic rings. The van der Waals surface area contributed by atoms with E-state index >= 15 is 0 Å². The first-order valence-electron chi connectivity index (χ1n) is 21.5. The smallest absolute Gasteiger partial charge is 0.171 e. The van der Waals surface area contributed by atoms with Gasteiger partial charge in [0.2, 0.25) is 0 Å². The van der Waals surface area contributed by atoms with E-state index < -0.39 is 5.79 Å². The monoisotopic (exact) mass is 761 g/mol. The van der Waals surface area contributed by atoms with Crippen LogP contribution < -0.4 is 0 Å². The Morgan fingerprint density at radius 3 is 0.839 bits per heavy atom. The summed E-state index contributed by atoms with van der Waals surface area (Å²) in [5.41, 5.74) is 10.8. The van der Waals surface area contributed by atoms with Crippen LogP contribution in [0.4, 0.5) is 0 Å². The van der Waals surface area contributed by atoms with Crippen LogP contribution in [0.2, 0.25) is 0 Å². The highest BCUT2D eigenvalue weighted by Gasteiger charge is 2.55. The fraction of sp³-hybridized carbons (Fsp3) is 0.538. The van der Waals surface area contributed by atoms with Crippen LogP contribution in [-0.2, 0) is 35.7 Å². The average molecular weight is 761 g/mol. The van der Waals surface area contributed by atoms with Crippen molar-refractivity contribution in [1.29, 1.82) is 0 Å². The van der Waals surface area contributed by atoms with Gasteiger partial charge >= 0.3 is 0 Å². The van der Waals surface area contributed by atoms with Crippen molar-refractivity contribution in [3.8, 4) is 0 Å². The quantitative estimate of drug-likeness (QED) is 0.106. The van der Waals surface area contributed by atoms with E-state index in [-0.39, 0.29) is 17.6 Å². The van der Waals surface area contributed by atoms with Crippen molar-refractivity contribution in [2.45, 2.75) is 151 Å². The predicted molar refractivity (Wildman–Crippen MR) is 237 cm³/mol. The molecule has 2 atom stereocenters. The molecular formula is C52H76N2O2+2. The fourth-order valence-electron chi connectivity index (χ4n) is 8.45.